The first-order valence-corrected chi connectivity index (χ1v) is 8.49. The molecule has 3 rings (SSSR count). The van der Waals surface area contributed by atoms with Crippen LogP contribution in [0.25, 0.3) is 0 Å². The second kappa shape index (κ2) is 7.27. The Labute approximate surface area is 137 Å². The van der Waals surface area contributed by atoms with E-state index < -0.39 is 0 Å². The topological polar surface area (TPSA) is 65.9 Å². The van der Waals surface area contributed by atoms with Crippen molar-refractivity contribution in [2.45, 2.75) is 38.3 Å². The van der Waals surface area contributed by atoms with Crippen molar-refractivity contribution in [3.05, 3.63) is 23.9 Å². The summed E-state index contributed by atoms with van der Waals surface area (Å²) >= 11 is 0. The first-order valence-electron chi connectivity index (χ1n) is 8.49. The fourth-order valence-electron chi connectivity index (χ4n) is 3.53. The number of hydrogen-bond donors (Lipinski definition) is 1. The summed E-state index contributed by atoms with van der Waals surface area (Å²) in [6.07, 6.45) is 4.45. The highest BCUT2D eigenvalue weighted by Crippen LogP contribution is 2.25. The number of amides is 1. The highest BCUT2D eigenvalue weighted by Gasteiger charge is 2.33. The summed E-state index contributed by atoms with van der Waals surface area (Å²) in [6.45, 7) is 5.54. The van der Waals surface area contributed by atoms with Gasteiger partial charge in [0.25, 0.3) is 5.91 Å². The van der Waals surface area contributed by atoms with E-state index in [9.17, 15) is 9.90 Å². The average Bonchev–Trinajstić information content (AvgIpc) is 3.01. The van der Waals surface area contributed by atoms with E-state index in [2.05, 4.69) is 9.88 Å². The average molecular weight is 319 g/mol. The summed E-state index contributed by atoms with van der Waals surface area (Å²) in [5.74, 6) is 0.566. The maximum Gasteiger partial charge on any atom is 0.255 e. The Morgan fingerprint density at radius 3 is 2.65 bits per heavy atom. The molecule has 2 fully saturated rings. The molecule has 6 nitrogen and oxygen atoms in total. The minimum absolute atomic E-state index is 0.0205. The molecule has 2 heterocycles. The van der Waals surface area contributed by atoms with Gasteiger partial charge in [0.05, 0.1) is 18.3 Å². The smallest absolute Gasteiger partial charge is 0.255 e. The summed E-state index contributed by atoms with van der Waals surface area (Å²) in [5.41, 5.74) is 0.600. The molecule has 0 spiro atoms. The zero-order valence-corrected chi connectivity index (χ0v) is 13.6. The van der Waals surface area contributed by atoms with E-state index in [0.29, 0.717) is 31.1 Å². The zero-order valence-electron chi connectivity index (χ0n) is 13.6. The molecule has 1 aromatic heterocycles. The van der Waals surface area contributed by atoms with Gasteiger partial charge in [0.2, 0.25) is 5.88 Å². The number of hydrogen-bond acceptors (Lipinski definition) is 5. The van der Waals surface area contributed by atoms with Gasteiger partial charge in [-0.2, -0.15) is 0 Å². The lowest BCUT2D eigenvalue weighted by molar-refractivity contribution is 0.0315. The van der Waals surface area contributed by atoms with Gasteiger partial charge in [-0.1, -0.05) is 0 Å². The molecule has 1 N–H and O–H groups in total. The van der Waals surface area contributed by atoms with Crippen LogP contribution in [-0.2, 0) is 0 Å². The van der Waals surface area contributed by atoms with E-state index in [1.54, 1.807) is 18.3 Å². The van der Waals surface area contributed by atoms with Crippen LogP contribution in [0.5, 0.6) is 5.88 Å². The van der Waals surface area contributed by atoms with Crippen LogP contribution < -0.4 is 4.74 Å². The molecule has 1 saturated heterocycles. The molecule has 0 unspecified atom stereocenters. The lowest BCUT2D eigenvalue weighted by Gasteiger charge is -2.39. The number of rotatable bonds is 4. The second-order valence-electron chi connectivity index (χ2n) is 6.21. The highest BCUT2D eigenvalue weighted by atomic mass is 16.5. The fourth-order valence-corrected chi connectivity index (χ4v) is 3.53. The molecule has 1 aromatic rings. The van der Waals surface area contributed by atoms with Crippen molar-refractivity contribution in [3.8, 4) is 5.88 Å². The number of aromatic nitrogens is 1. The van der Waals surface area contributed by atoms with Gasteiger partial charge in [-0.3, -0.25) is 9.69 Å². The maximum absolute atomic E-state index is 12.5. The minimum atomic E-state index is -0.201. The third-order valence-corrected chi connectivity index (χ3v) is 4.79. The van der Waals surface area contributed by atoms with Crippen LogP contribution in [0, 0.1) is 0 Å². The lowest BCUT2D eigenvalue weighted by Crippen LogP contribution is -2.53. The first kappa shape index (κ1) is 16.2. The van der Waals surface area contributed by atoms with E-state index in [1.807, 2.05) is 11.8 Å². The van der Waals surface area contributed by atoms with E-state index in [1.165, 1.54) is 0 Å². The summed E-state index contributed by atoms with van der Waals surface area (Å²) in [4.78, 5) is 20.9. The summed E-state index contributed by atoms with van der Waals surface area (Å²) < 4.78 is 5.30. The van der Waals surface area contributed by atoms with Gasteiger partial charge in [0.15, 0.2) is 0 Å². The van der Waals surface area contributed by atoms with Crippen molar-refractivity contribution in [1.29, 1.82) is 0 Å². The number of carbonyl (C=O) groups excluding carboxylic acids is 1. The predicted octanol–water partition coefficient (Wildman–Crippen LogP) is 1.15. The molecule has 2 atom stereocenters. The number of aliphatic hydroxyl groups is 1. The van der Waals surface area contributed by atoms with Gasteiger partial charge in [0, 0.05) is 44.5 Å². The summed E-state index contributed by atoms with van der Waals surface area (Å²) in [5, 5.41) is 10.0. The van der Waals surface area contributed by atoms with Crippen LogP contribution in [0.3, 0.4) is 0 Å². The molecule has 1 saturated carbocycles. The van der Waals surface area contributed by atoms with Gasteiger partial charge in [-0.05, 0) is 32.3 Å². The Morgan fingerprint density at radius 1 is 1.30 bits per heavy atom. The monoisotopic (exact) mass is 319 g/mol. The molecular formula is C17H25N3O3. The van der Waals surface area contributed by atoms with Gasteiger partial charge in [0.1, 0.15) is 0 Å². The Balaban J connectivity index is 1.55. The fraction of sp³-hybridized carbons (Fsp3) is 0.647. The number of pyridine rings is 1. The number of carbonyl (C=O) groups is 1. The van der Waals surface area contributed by atoms with Gasteiger partial charge in [-0.25, -0.2) is 4.98 Å². The number of piperazine rings is 1. The molecular weight excluding hydrogens is 294 g/mol. The van der Waals surface area contributed by atoms with E-state index >= 15 is 0 Å². The number of ether oxygens (including phenoxy) is 1. The third-order valence-electron chi connectivity index (χ3n) is 4.79. The molecule has 2 aliphatic rings. The van der Waals surface area contributed by atoms with Gasteiger partial charge in [-0.15, -0.1) is 0 Å². The summed E-state index contributed by atoms with van der Waals surface area (Å²) in [7, 11) is 0. The SMILES string of the molecule is CCOc1ccc(C(=O)N2CCN([C@H]3CCC[C@H]3O)CC2)cn1. The normalized spacial score (nSPS) is 25.6. The molecule has 0 radical (unpaired) electrons. The molecule has 1 amide bonds. The van der Waals surface area contributed by atoms with Crippen molar-refractivity contribution in [2.24, 2.45) is 0 Å². The third kappa shape index (κ3) is 3.64. The largest absolute Gasteiger partial charge is 0.478 e. The standard InChI is InChI=1S/C17H25N3O3/c1-2-23-16-7-6-13(12-18-16)17(22)20-10-8-19(9-11-20)14-4-3-5-15(14)21/h6-7,12,14-15,21H,2-5,8-11H2,1H3/t14-,15+/m0/s1. The van der Waals surface area contributed by atoms with Crippen LogP contribution in [0.4, 0.5) is 0 Å². The quantitative estimate of drug-likeness (QED) is 0.902. The predicted molar refractivity (Wildman–Crippen MR) is 86.5 cm³/mol. The van der Waals surface area contributed by atoms with Crippen molar-refractivity contribution < 1.29 is 14.6 Å². The maximum atomic E-state index is 12.5. The highest BCUT2D eigenvalue weighted by molar-refractivity contribution is 5.94. The van der Waals surface area contributed by atoms with Crippen LogP contribution >= 0.6 is 0 Å². The lowest BCUT2D eigenvalue weighted by atomic mass is 10.1. The molecule has 1 aliphatic carbocycles. The molecule has 6 heteroatoms. The first-order chi connectivity index (χ1) is 11.2. The van der Waals surface area contributed by atoms with E-state index in [4.69, 9.17) is 4.74 Å². The van der Waals surface area contributed by atoms with Crippen molar-refractivity contribution in [2.75, 3.05) is 32.8 Å². The number of nitrogens with zero attached hydrogens (tertiary/aromatic N) is 3. The van der Waals surface area contributed by atoms with E-state index in [0.717, 1.165) is 32.4 Å². The molecule has 23 heavy (non-hydrogen) atoms. The molecule has 0 bridgehead atoms. The Hall–Kier alpha value is -1.66. The van der Waals surface area contributed by atoms with Crippen molar-refractivity contribution in [1.82, 2.24) is 14.8 Å². The van der Waals surface area contributed by atoms with Crippen LogP contribution in [0.2, 0.25) is 0 Å². The van der Waals surface area contributed by atoms with E-state index in [-0.39, 0.29) is 18.1 Å². The minimum Gasteiger partial charge on any atom is -0.478 e. The zero-order chi connectivity index (χ0) is 16.2. The molecule has 126 valence electrons. The van der Waals surface area contributed by atoms with Crippen LogP contribution in [-0.4, -0.2) is 70.7 Å². The summed E-state index contributed by atoms with van der Waals surface area (Å²) in [6, 6.07) is 3.79. The molecule has 1 aliphatic heterocycles. The Kier molecular flexibility index (Phi) is 5.13. The number of aliphatic hydroxyl groups excluding tert-OH is 1. The Bertz CT molecular complexity index is 526. The van der Waals surface area contributed by atoms with Crippen LogP contribution in [0.15, 0.2) is 18.3 Å². The van der Waals surface area contributed by atoms with Crippen LogP contribution in [0.1, 0.15) is 36.5 Å². The molecule has 0 aromatic carbocycles. The van der Waals surface area contributed by atoms with Gasteiger partial charge >= 0.3 is 0 Å². The second-order valence-corrected chi connectivity index (χ2v) is 6.21. The van der Waals surface area contributed by atoms with Crippen molar-refractivity contribution in [3.63, 3.8) is 0 Å². The Morgan fingerprint density at radius 2 is 2.09 bits per heavy atom. The van der Waals surface area contributed by atoms with Gasteiger partial charge < -0.3 is 14.7 Å². The van der Waals surface area contributed by atoms with Crippen molar-refractivity contribution >= 4 is 5.91 Å².